The Morgan fingerprint density at radius 1 is 1.13 bits per heavy atom. The molecule has 0 N–H and O–H groups in total. The highest BCUT2D eigenvalue weighted by Gasteiger charge is 2.39. The van der Waals surface area contributed by atoms with Crippen LogP contribution in [-0.4, -0.2) is 39.4 Å². The summed E-state index contributed by atoms with van der Waals surface area (Å²) in [6.07, 6.45) is 7.40. The molecule has 3 aromatic rings. The van der Waals surface area contributed by atoms with E-state index in [9.17, 15) is 4.79 Å². The summed E-state index contributed by atoms with van der Waals surface area (Å²) in [6, 6.07) is 14.1. The Balaban J connectivity index is 1.38. The van der Waals surface area contributed by atoms with Crippen molar-refractivity contribution in [1.82, 2.24) is 19.2 Å². The third-order valence-electron chi connectivity index (χ3n) is 6.83. The van der Waals surface area contributed by atoms with E-state index in [4.69, 9.17) is 4.74 Å². The van der Waals surface area contributed by atoms with Gasteiger partial charge in [-0.2, -0.15) is 5.10 Å². The average Bonchev–Trinajstić information content (AvgIpc) is 3.25. The number of hydrogen-bond donors (Lipinski definition) is 0. The second-order valence-corrected chi connectivity index (χ2v) is 8.87. The van der Waals surface area contributed by atoms with Gasteiger partial charge in [-0.05, 0) is 37.0 Å². The minimum absolute atomic E-state index is 0.164. The number of para-hydroxylation sites is 2. The van der Waals surface area contributed by atoms with Crippen LogP contribution in [0, 0.1) is 5.92 Å². The molecule has 0 saturated carbocycles. The van der Waals surface area contributed by atoms with E-state index >= 15 is 0 Å². The third-order valence-corrected chi connectivity index (χ3v) is 6.83. The van der Waals surface area contributed by atoms with Crippen molar-refractivity contribution < 1.29 is 4.74 Å². The summed E-state index contributed by atoms with van der Waals surface area (Å²) >= 11 is 0. The number of pyridine rings is 1. The van der Waals surface area contributed by atoms with E-state index in [1.54, 1.807) is 13.2 Å². The Hall–Kier alpha value is -2.86. The highest BCUT2D eigenvalue weighted by Crippen LogP contribution is 2.43. The first-order valence-electron chi connectivity index (χ1n) is 11.3. The van der Waals surface area contributed by atoms with Gasteiger partial charge in [0.25, 0.3) is 5.56 Å². The summed E-state index contributed by atoms with van der Waals surface area (Å²) in [7, 11) is 1.69. The summed E-state index contributed by atoms with van der Waals surface area (Å²) in [4.78, 5) is 15.2. The van der Waals surface area contributed by atoms with Gasteiger partial charge in [-0.3, -0.25) is 9.69 Å². The molecule has 1 fully saturated rings. The molecule has 6 heteroatoms. The standard InChI is InChI=1S/C25H30N4O2/c1-3-7-21-19-12-20(22-9-6-11-25(30)29(21)22)17-27(16-19)14-18-13-26-28(15-18)23-8-4-5-10-24(23)31-2/h4-6,8-11,13,15,19-21H,3,7,12,14,16-17H2,1-2H3/t19-,20+,21-/m0/s1. The quantitative estimate of drug-likeness (QED) is 0.607. The lowest BCUT2D eigenvalue weighted by molar-refractivity contribution is 0.0817. The van der Waals surface area contributed by atoms with Crippen molar-refractivity contribution in [2.45, 2.75) is 44.7 Å². The number of nitrogens with zero attached hydrogens (tertiary/aromatic N) is 4. The van der Waals surface area contributed by atoms with Crippen LogP contribution < -0.4 is 10.3 Å². The first kappa shape index (κ1) is 20.1. The van der Waals surface area contributed by atoms with Crippen molar-refractivity contribution >= 4 is 0 Å². The third kappa shape index (κ3) is 3.69. The predicted molar refractivity (Wildman–Crippen MR) is 121 cm³/mol. The van der Waals surface area contributed by atoms with Crippen LogP contribution in [0.15, 0.2) is 59.7 Å². The molecule has 6 nitrogen and oxygen atoms in total. The molecule has 0 unspecified atom stereocenters. The summed E-state index contributed by atoms with van der Waals surface area (Å²) in [5.41, 5.74) is 3.53. The number of rotatable bonds is 6. The number of piperidine rings is 1. The van der Waals surface area contributed by atoms with Crippen molar-refractivity contribution in [3.63, 3.8) is 0 Å². The van der Waals surface area contributed by atoms with Crippen molar-refractivity contribution in [2.24, 2.45) is 5.92 Å². The molecule has 162 valence electrons. The summed E-state index contributed by atoms with van der Waals surface area (Å²) in [5.74, 6) is 1.76. The van der Waals surface area contributed by atoms with Gasteiger partial charge < -0.3 is 9.30 Å². The fraction of sp³-hybridized carbons (Fsp3) is 0.440. The maximum atomic E-state index is 12.7. The maximum absolute atomic E-state index is 12.7. The van der Waals surface area contributed by atoms with Crippen LogP contribution in [0.1, 0.15) is 49.4 Å². The van der Waals surface area contributed by atoms with Crippen LogP contribution in [0.2, 0.25) is 0 Å². The second kappa shape index (κ2) is 8.35. The van der Waals surface area contributed by atoms with Gasteiger partial charge in [0.1, 0.15) is 11.4 Å². The number of benzene rings is 1. The van der Waals surface area contributed by atoms with Crippen LogP contribution in [0.3, 0.4) is 0 Å². The lowest BCUT2D eigenvalue weighted by Gasteiger charge is -2.47. The Morgan fingerprint density at radius 3 is 2.84 bits per heavy atom. The van der Waals surface area contributed by atoms with Gasteiger partial charge in [-0.1, -0.05) is 31.5 Å². The summed E-state index contributed by atoms with van der Waals surface area (Å²) in [5, 5.41) is 4.59. The molecule has 0 amide bonds. The molecule has 0 spiro atoms. The fourth-order valence-corrected chi connectivity index (χ4v) is 5.58. The molecule has 2 bridgehead atoms. The number of likely N-dealkylation sites (tertiary alicyclic amines) is 1. The second-order valence-electron chi connectivity index (χ2n) is 8.87. The Bertz CT molecular complexity index is 1120. The first-order chi connectivity index (χ1) is 15.2. The minimum Gasteiger partial charge on any atom is -0.494 e. The van der Waals surface area contributed by atoms with E-state index in [2.05, 4.69) is 33.8 Å². The van der Waals surface area contributed by atoms with Crippen LogP contribution >= 0.6 is 0 Å². The number of aromatic nitrogens is 3. The molecule has 1 saturated heterocycles. The van der Waals surface area contributed by atoms with Crippen molar-refractivity contribution in [2.75, 3.05) is 20.2 Å². The number of methoxy groups -OCH3 is 1. The molecule has 2 aliphatic heterocycles. The largest absolute Gasteiger partial charge is 0.494 e. The lowest BCUT2D eigenvalue weighted by Crippen LogP contribution is -2.49. The van der Waals surface area contributed by atoms with Gasteiger partial charge in [0.05, 0.1) is 13.3 Å². The first-order valence-corrected chi connectivity index (χ1v) is 11.3. The van der Waals surface area contributed by atoms with Crippen LogP contribution in [-0.2, 0) is 6.54 Å². The zero-order valence-corrected chi connectivity index (χ0v) is 18.3. The normalized spacial score (nSPS) is 22.8. The molecule has 0 aliphatic carbocycles. The monoisotopic (exact) mass is 418 g/mol. The highest BCUT2D eigenvalue weighted by atomic mass is 16.5. The molecule has 31 heavy (non-hydrogen) atoms. The zero-order chi connectivity index (χ0) is 21.4. The van der Waals surface area contributed by atoms with Gasteiger partial charge in [0.15, 0.2) is 0 Å². The van der Waals surface area contributed by atoms with Crippen LogP contribution in [0.25, 0.3) is 5.69 Å². The van der Waals surface area contributed by atoms with E-state index in [0.717, 1.165) is 43.9 Å². The van der Waals surface area contributed by atoms with Gasteiger partial charge in [-0.15, -0.1) is 0 Å². The number of fused-ring (bicyclic) bond motifs is 4. The zero-order valence-electron chi connectivity index (χ0n) is 18.3. The molecule has 2 aliphatic rings. The highest BCUT2D eigenvalue weighted by molar-refractivity contribution is 5.46. The van der Waals surface area contributed by atoms with Gasteiger partial charge in [0.2, 0.25) is 0 Å². The van der Waals surface area contributed by atoms with E-state index in [1.807, 2.05) is 41.2 Å². The van der Waals surface area contributed by atoms with Crippen molar-refractivity contribution in [1.29, 1.82) is 0 Å². The van der Waals surface area contributed by atoms with E-state index in [0.29, 0.717) is 17.9 Å². The van der Waals surface area contributed by atoms with E-state index < -0.39 is 0 Å². The predicted octanol–water partition coefficient (Wildman–Crippen LogP) is 4.00. The molecule has 2 aromatic heterocycles. The summed E-state index contributed by atoms with van der Waals surface area (Å²) < 4.78 is 9.49. The Morgan fingerprint density at radius 2 is 2.00 bits per heavy atom. The molecule has 0 radical (unpaired) electrons. The molecular formula is C25H30N4O2. The van der Waals surface area contributed by atoms with Gasteiger partial charge in [0, 0.05) is 55.1 Å². The Labute approximate surface area is 183 Å². The van der Waals surface area contributed by atoms with E-state index in [1.165, 1.54) is 17.7 Å². The number of hydrogen-bond acceptors (Lipinski definition) is 4. The summed E-state index contributed by atoms with van der Waals surface area (Å²) in [6.45, 7) is 5.10. The fourth-order valence-electron chi connectivity index (χ4n) is 5.58. The minimum atomic E-state index is 0.164. The Kier molecular flexibility index (Phi) is 5.40. The molecule has 3 atom stereocenters. The molecular weight excluding hydrogens is 388 g/mol. The molecule has 1 aromatic carbocycles. The average molecular weight is 419 g/mol. The van der Waals surface area contributed by atoms with Gasteiger partial charge in [-0.25, -0.2) is 4.68 Å². The maximum Gasteiger partial charge on any atom is 0.250 e. The SMILES string of the molecule is CCC[C@H]1[C@H]2C[C@H](CN(Cc3cnn(-c4ccccc4OC)c3)C2)c2cccc(=O)n21. The lowest BCUT2D eigenvalue weighted by atomic mass is 9.77. The van der Waals surface area contributed by atoms with Crippen LogP contribution in [0.4, 0.5) is 0 Å². The van der Waals surface area contributed by atoms with Crippen molar-refractivity contribution in [3.8, 4) is 11.4 Å². The van der Waals surface area contributed by atoms with Crippen LogP contribution in [0.5, 0.6) is 5.75 Å². The van der Waals surface area contributed by atoms with Gasteiger partial charge >= 0.3 is 0 Å². The molecule has 4 heterocycles. The number of ether oxygens (including phenoxy) is 1. The smallest absolute Gasteiger partial charge is 0.250 e. The van der Waals surface area contributed by atoms with Crippen molar-refractivity contribution in [3.05, 3.63) is 76.5 Å². The van der Waals surface area contributed by atoms with E-state index in [-0.39, 0.29) is 5.56 Å². The topological polar surface area (TPSA) is 52.3 Å². The molecule has 5 rings (SSSR count).